The van der Waals surface area contributed by atoms with Crippen molar-refractivity contribution in [2.75, 3.05) is 20.3 Å². The van der Waals surface area contributed by atoms with Gasteiger partial charge in [-0.05, 0) is 25.0 Å². The fraction of sp³-hybridized carbons (Fsp3) is 0.438. The van der Waals surface area contributed by atoms with Crippen molar-refractivity contribution in [1.82, 2.24) is 20.1 Å². The van der Waals surface area contributed by atoms with Gasteiger partial charge in [0.2, 0.25) is 5.91 Å². The summed E-state index contributed by atoms with van der Waals surface area (Å²) in [5.41, 5.74) is 1.06. The van der Waals surface area contributed by atoms with Gasteiger partial charge in [-0.1, -0.05) is 18.2 Å². The van der Waals surface area contributed by atoms with Gasteiger partial charge in [0, 0.05) is 32.2 Å². The fourth-order valence-electron chi connectivity index (χ4n) is 2.18. The first-order valence-corrected chi connectivity index (χ1v) is 7.51. The van der Waals surface area contributed by atoms with Crippen LogP contribution < -0.4 is 5.32 Å². The van der Waals surface area contributed by atoms with Crippen molar-refractivity contribution in [2.24, 2.45) is 0 Å². The Labute approximate surface area is 130 Å². The number of aryl methyl sites for hydroxylation is 1. The van der Waals surface area contributed by atoms with Gasteiger partial charge in [0.25, 0.3) is 0 Å². The summed E-state index contributed by atoms with van der Waals surface area (Å²) in [6.07, 6.45) is 4.80. The van der Waals surface area contributed by atoms with Gasteiger partial charge in [0.15, 0.2) is 0 Å². The number of carbonyl (C=O) groups is 1. The maximum absolute atomic E-state index is 11.6. The molecular weight excluding hydrogens is 280 g/mol. The van der Waals surface area contributed by atoms with Gasteiger partial charge in [-0.25, -0.2) is 0 Å². The summed E-state index contributed by atoms with van der Waals surface area (Å²) in [4.78, 5) is 11.6. The van der Waals surface area contributed by atoms with E-state index in [9.17, 15) is 4.79 Å². The molecule has 0 bridgehead atoms. The highest BCUT2D eigenvalue weighted by Crippen LogP contribution is 2.11. The third-order valence-corrected chi connectivity index (χ3v) is 3.34. The van der Waals surface area contributed by atoms with Crippen molar-refractivity contribution in [1.29, 1.82) is 0 Å². The summed E-state index contributed by atoms with van der Waals surface area (Å²) in [6, 6.07) is 10.0. The second-order valence-corrected chi connectivity index (χ2v) is 5.00. The van der Waals surface area contributed by atoms with Gasteiger partial charge < -0.3 is 10.1 Å². The van der Waals surface area contributed by atoms with Crippen molar-refractivity contribution in [3.05, 3.63) is 42.5 Å². The van der Waals surface area contributed by atoms with Crippen molar-refractivity contribution in [3.63, 3.8) is 0 Å². The molecule has 0 atom stereocenters. The number of carbonyl (C=O) groups excluding carboxylic acids is 1. The van der Waals surface area contributed by atoms with Crippen molar-refractivity contribution < 1.29 is 9.53 Å². The van der Waals surface area contributed by atoms with Gasteiger partial charge in [0.1, 0.15) is 12.2 Å². The minimum Gasteiger partial charge on any atom is -0.383 e. The van der Waals surface area contributed by atoms with Gasteiger partial charge in [-0.15, -0.1) is 10.2 Å². The van der Waals surface area contributed by atoms with Crippen LogP contribution in [0.4, 0.5) is 0 Å². The van der Waals surface area contributed by atoms with E-state index in [1.54, 1.807) is 13.4 Å². The average Bonchev–Trinajstić information content (AvgIpc) is 3.01. The molecule has 1 aromatic carbocycles. The smallest absolute Gasteiger partial charge is 0.220 e. The fourth-order valence-corrected chi connectivity index (χ4v) is 2.18. The zero-order valence-corrected chi connectivity index (χ0v) is 12.9. The number of nitrogens with one attached hydrogen (secondary N) is 1. The van der Waals surface area contributed by atoms with Crippen LogP contribution in [-0.2, 0) is 16.0 Å². The van der Waals surface area contributed by atoms with Crippen molar-refractivity contribution >= 4 is 5.91 Å². The standard InChI is InChI=1S/C16H22N4O2/c1-22-12-11-17-16(21)10-6-5-9-15-19-18-13-20(15)14-7-3-2-4-8-14/h2-4,7-8,13H,5-6,9-12H2,1H3,(H,17,21). The Morgan fingerprint density at radius 1 is 1.27 bits per heavy atom. The molecule has 118 valence electrons. The second kappa shape index (κ2) is 8.94. The van der Waals surface area contributed by atoms with Crippen LogP contribution in [0.1, 0.15) is 25.1 Å². The van der Waals surface area contributed by atoms with E-state index in [4.69, 9.17) is 4.74 Å². The quantitative estimate of drug-likeness (QED) is 0.716. The monoisotopic (exact) mass is 302 g/mol. The normalized spacial score (nSPS) is 10.6. The van der Waals surface area contributed by atoms with Crippen LogP contribution >= 0.6 is 0 Å². The highest BCUT2D eigenvalue weighted by molar-refractivity contribution is 5.75. The van der Waals surface area contributed by atoms with E-state index in [0.717, 1.165) is 30.8 Å². The molecule has 0 spiro atoms. The lowest BCUT2D eigenvalue weighted by Gasteiger charge is -2.06. The van der Waals surface area contributed by atoms with Gasteiger partial charge in [-0.2, -0.15) is 0 Å². The Morgan fingerprint density at radius 2 is 2.09 bits per heavy atom. The summed E-state index contributed by atoms with van der Waals surface area (Å²) < 4.78 is 6.87. The minimum absolute atomic E-state index is 0.0709. The topological polar surface area (TPSA) is 69.0 Å². The molecule has 2 aromatic rings. The molecule has 1 heterocycles. The van der Waals surface area contributed by atoms with E-state index in [1.165, 1.54) is 0 Å². The zero-order valence-electron chi connectivity index (χ0n) is 12.9. The number of para-hydroxylation sites is 1. The second-order valence-electron chi connectivity index (χ2n) is 5.00. The molecule has 1 N–H and O–H groups in total. The molecule has 22 heavy (non-hydrogen) atoms. The van der Waals surface area contributed by atoms with Crippen LogP contribution in [0.3, 0.4) is 0 Å². The number of unbranched alkanes of at least 4 members (excludes halogenated alkanes) is 1. The molecule has 2 rings (SSSR count). The number of aromatic nitrogens is 3. The predicted molar refractivity (Wildman–Crippen MR) is 83.8 cm³/mol. The van der Waals surface area contributed by atoms with Crippen LogP contribution in [0.25, 0.3) is 5.69 Å². The third kappa shape index (κ3) is 4.96. The molecule has 0 aliphatic heterocycles. The maximum Gasteiger partial charge on any atom is 0.220 e. The lowest BCUT2D eigenvalue weighted by Crippen LogP contribution is -2.26. The van der Waals surface area contributed by atoms with E-state index in [1.807, 2.05) is 34.9 Å². The van der Waals surface area contributed by atoms with Crippen LogP contribution in [0.5, 0.6) is 0 Å². The van der Waals surface area contributed by atoms with Crippen molar-refractivity contribution in [2.45, 2.75) is 25.7 Å². The van der Waals surface area contributed by atoms with Gasteiger partial charge >= 0.3 is 0 Å². The van der Waals surface area contributed by atoms with E-state index in [-0.39, 0.29) is 5.91 Å². The Hall–Kier alpha value is -2.21. The molecule has 0 aliphatic carbocycles. The summed E-state index contributed by atoms with van der Waals surface area (Å²) in [5, 5.41) is 11.0. The number of benzene rings is 1. The SMILES string of the molecule is COCCNC(=O)CCCCc1nncn1-c1ccccc1. The molecule has 0 fully saturated rings. The van der Waals surface area contributed by atoms with Crippen LogP contribution in [0, 0.1) is 0 Å². The molecule has 1 amide bonds. The van der Waals surface area contributed by atoms with Gasteiger partial charge in [0.05, 0.1) is 6.61 Å². The molecule has 0 saturated heterocycles. The number of hydrogen-bond acceptors (Lipinski definition) is 4. The first kappa shape index (κ1) is 16.2. The summed E-state index contributed by atoms with van der Waals surface area (Å²) in [5.74, 6) is 0.993. The van der Waals surface area contributed by atoms with Gasteiger partial charge in [-0.3, -0.25) is 9.36 Å². The molecule has 0 saturated carbocycles. The summed E-state index contributed by atoms with van der Waals surface area (Å²) in [7, 11) is 1.62. The van der Waals surface area contributed by atoms with Crippen molar-refractivity contribution in [3.8, 4) is 5.69 Å². The Morgan fingerprint density at radius 3 is 2.86 bits per heavy atom. The number of hydrogen-bond donors (Lipinski definition) is 1. The molecule has 1 aromatic heterocycles. The average molecular weight is 302 g/mol. The van der Waals surface area contributed by atoms with Crippen LogP contribution in [0.2, 0.25) is 0 Å². The molecular formula is C16H22N4O2. The number of methoxy groups -OCH3 is 1. The third-order valence-electron chi connectivity index (χ3n) is 3.34. The van der Waals surface area contributed by atoms with Crippen LogP contribution in [-0.4, -0.2) is 40.9 Å². The van der Waals surface area contributed by atoms with E-state index < -0.39 is 0 Å². The first-order valence-electron chi connectivity index (χ1n) is 7.51. The summed E-state index contributed by atoms with van der Waals surface area (Å²) in [6.45, 7) is 1.11. The number of rotatable bonds is 9. The molecule has 0 unspecified atom stereocenters. The molecule has 0 radical (unpaired) electrons. The molecule has 6 nitrogen and oxygen atoms in total. The zero-order chi connectivity index (χ0) is 15.6. The lowest BCUT2D eigenvalue weighted by molar-refractivity contribution is -0.121. The number of amides is 1. The lowest BCUT2D eigenvalue weighted by atomic mass is 10.1. The van der Waals surface area contributed by atoms with E-state index in [0.29, 0.717) is 19.6 Å². The number of ether oxygens (including phenoxy) is 1. The minimum atomic E-state index is 0.0709. The molecule has 6 heteroatoms. The number of nitrogens with zero attached hydrogens (tertiary/aromatic N) is 3. The first-order chi connectivity index (χ1) is 10.8. The highest BCUT2D eigenvalue weighted by atomic mass is 16.5. The summed E-state index contributed by atoms with van der Waals surface area (Å²) >= 11 is 0. The molecule has 0 aliphatic rings. The Balaban J connectivity index is 1.74. The Kier molecular flexibility index (Phi) is 6.57. The Bertz CT molecular complexity index is 569. The van der Waals surface area contributed by atoms with E-state index >= 15 is 0 Å². The predicted octanol–water partition coefficient (Wildman–Crippen LogP) is 1.74. The maximum atomic E-state index is 11.6. The highest BCUT2D eigenvalue weighted by Gasteiger charge is 2.06. The van der Waals surface area contributed by atoms with Crippen LogP contribution in [0.15, 0.2) is 36.7 Å². The largest absolute Gasteiger partial charge is 0.383 e. The van der Waals surface area contributed by atoms with E-state index in [2.05, 4.69) is 15.5 Å².